The van der Waals surface area contributed by atoms with Gasteiger partial charge < -0.3 is 5.32 Å². The highest BCUT2D eigenvalue weighted by molar-refractivity contribution is 7.99. The smallest absolute Gasteiger partial charge is 0.236 e. The van der Waals surface area contributed by atoms with Crippen LogP contribution in [0.5, 0.6) is 0 Å². The number of fused-ring (bicyclic) bond motifs is 1. The van der Waals surface area contributed by atoms with E-state index in [1.165, 1.54) is 10.5 Å². The lowest BCUT2D eigenvalue weighted by Crippen LogP contribution is -2.43. The molecule has 2 atom stereocenters. The van der Waals surface area contributed by atoms with Gasteiger partial charge >= 0.3 is 0 Å². The Morgan fingerprint density at radius 3 is 3.06 bits per heavy atom. The highest BCUT2D eigenvalue weighted by Gasteiger charge is 2.24. The summed E-state index contributed by atoms with van der Waals surface area (Å²) in [6.45, 7) is 1.88. The summed E-state index contributed by atoms with van der Waals surface area (Å²) in [5.74, 6) is 1.07. The molecule has 0 aromatic heterocycles. The molecule has 0 radical (unpaired) electrons. The number of amides is 1. The summed E-state index contributed by atoms with van der Waals surface area (Å²) < 4.78 is 0. The van der Waals surface area contributed by atoms with Crippen LogP contribution in [-0.2, 0) is 4.79 Å². The lowest BCUT2D eigenvalue weighted by Gasteiger charge is -2.28. The zero-order chi connectivity index (χ0) is 13.1. The lowest BCUT2D eigenvalue weighted by atomic mass is 10.0. The molecule has 3 nitrogen and oxygen atoms in total. The van der Waals surface area contributed by atoms with Crippen molar-refractivity contribution in [2.75, 3.05) is 12.8 Å². The molecule has 98 valence electrons. The second-order valence-corrected chi connectivity index (χ2v) is 5.95. The van der Waals surface area contributed by atoms with E-state index in [2.05, 4.69) is 16.7 Å². The SMILES string of the molecule is CNC(=O)C(C)NC1CCSc2ccc(Cl)cc21. The van der Waals surface area contributed by atoms with Gasteiger partial charge in [0.15, 0.2) is 0 Å². The maximum absolute atomic E-state index is 11.6. The number of halogens is 1. The third-order valence-corrected chi connectivity index (χ3v) is 4.46. The van der Waals surface area contributed by atoms with Crippen molar-refractivity contribution in [2.45, 2.75) is 30.3 Å². The first-order valence-electron chi connectivity index (χ1n) is 6.01. The normalized spacial score (nSPS) is 20.1. The minimum Gasteiger partial charge on any atom is -0.358 e. The number of hydrogen-bond donors (Lipinski definition) is 2. The van der Waals surface area contributed by atoms with Crippen LogP contribution in [0.1, 0.15) is 24.9 Å². The number of thioether (sulfide) groups is 1. The maximum Gasteiger partial charge on any atom is 0.236 e. The van der Waals surface area contributed by atoms with Gasteiger partial charge in [-0.3, -0.25) is 10.1 Å². The number of hydrogen-bond acceptors (Lipinski definition) is 3. The Hall–Kier alpha value is -0.710. The second kappa shape index (κ2) is 5.95. The Balaban J connectivity index is 2.17. The van der Waals surface area contributed by atoms with Gasteiger partial charge in [0.1, 0.15) is 0 Å². The Kier molecular flexibility index (Phi) is 4.54. The Morgan fingerprint density at radius 2 is 2.33 bits per heavy atom. The third-order valence-electron chi connectivity index (χ3n) is 3.10. The van der Waals surface area contributed by atoms with Crippen molar-refractivity contribution in [2.24, 2.45) is 0 Å². The first-order chi connectivity index (χ1) is 8.61. The van der Waals surface area contributed by atoms with Crippen molar-refractivity contribution < 1.29 is 4.79 Å². The summed E-state index contributed by atoms with van der Waals surface area (Å²) in [5, 5.41) is 6.77. The average molecular weight is 285 g/mol. The van der Waals surface area contributed by atoms with E-state index in [1.54, 1.807) is 7.05 Å². The molecule has 1 aromatic rings. The number of nitrogens with one attached hydrogen (secondary N) is 2. The molecule has 1 aromatic carbocycles. The molecule has 0 spiro atoms. The minimum atomic E-state index is -0.199. The van der Waals surface area contributed by atoms with Crippen molar-refractivity contribution in [1.29, 1.82) is 0 Å². The van der Waals surface area contributed by atoms with Crippen LogP contribution in [0, 0.1) is 0 Å². The molecule has 0 aliphatic carbocycles. The predicted octanol–water partition coefficient (Wildman–Crippen LogP) is 2.60. The van der Waals surface area contributed by atoms with E-state index in [0.717, 1.165) is 17.2 Å². The van der Waals surface area contributed by atoms with E-state index >= 15 is 0 Å². The van der Waals surface area contributed by atoms with E-state index < -0.39 is 0 Å². The molecule has 0 fully saturated rings. The van der Waals surface area contributed by atoms with Crippen LogP contribution >= 0.6 is 23.4 Å². The van der Waals surface area contributed by atoms with E-state index in [-0.39, 0.29) is 18.0 Å². The first kappa shape index (κ1) is 13.7. The van der Waals surface area contributed by atoms with Gasteiger partial charge in [-0.15, -0.1) is 11.8 Å². The molecular formula is C13H17ClN2OS. The van der Waals surface area contributed by atoms with Gasteiger partial charge in [0.05, 0.1) is 6.04 Å². The molecule has 18 heavy (non-hydrogen) atoms. The summed E-state index contributed by atoms with van der Waals surface area (Å²) >= 11 is 7.90. The van der Waals surface area contributed by atoms with Gasteiger partial charge in [-0.1, -0.05) is 11.6 Å². The summed E-state index contributed by atoms with van der Waals surface area (Å²) in [5.41, 5.74) is 1.20. The standard InChI is InChI=1S/C13H17ClN2OS/c1-8(13(17)15-2)16-11-5-6-18-12-4-3-9(14)7-10(11)12/h3-4,7-8,11,16H,5-6H2,1-2H3,(H,15,17). The fourth-order valence-electron chi connectivity index (χ4n) is 2.13. The molecule has 0 saturated heterocycles. The highest BCUT2D eigenvalue weighted by atomic mass is 35.5. The number of rotatable bonds is 3. The van der Waals surface area contributed by atoms with Crippen LogP contribution in [-0.4, -0.2) is 24.7 Å². The third kappa shape index (κ3) is 2.99. The van der Waals surface area contributed by atoms with Crippen LogP contribution in [0.4, 0.5) is 0 Å². The monoisotopic (exact) mass is 284 g/mol. The summed E-state index contributed by atoms with van der Waals surface area (Å²) in [4.78, 5) is 12.8. The molecule has 2 unspecified atom stereocenters. The highest BCUT2D eigenvalue weighted by Crippen LogP contribution is 2.37. The molecule has 1 aliphatic heterocycles. The van der Waals surface area contributed by atoms with Gasteiger partial charge in [-0.05, 0) is 42.9 Å². The predicted molar refractivity (Wildman–Crippen MR) is 76.2 cm³/mol. The van der Waals surface area contributed by atoms with E-state index in [0.29, 0.717) is 0 Å². The topological polar surface area (TPSA) is 41.1 Å². The summed E-state index contributed by atoms with van der Waals surface area (Å²) in [7, 11) is 1.65. The molecule has 0 bridgehead atoms. The van der Waals surface area contributed by atoms with Crippen LogP contribution in [0.15, 0.2) is 23.1 Å². The van der Waals surface area contributed by atoms with E-state index in [4.69, 9.17) is 11.6 Å². The molecule has 1 amide bonds. The zero-order valence-electron chi connectivity index (χ0n) is 10.5. The van der Waals surface area contributed by atoms with Gasteiger partial charge in [0.25, 0.3) is 0 Å². The molecule has 2 N–H and O–H groups in total. The van der Waals surface area contributed by atoms with Crippen molar-refractivity contribution >= 4 is 29.3 Å². The number of likely N-dealkylation sites (N-methyl/N-ethyl adjacent to an activating group) is 1. The zero-order valence-corrected chi connectivity index (χ0v) is 12.1. The Bertz CT molecular complexity index is 453. The fourth-order valence-corrected chi connectivity index (χ4v) is 3.42. The van der Waals surface area contributed by atoms with Crippen molar-refractivity contribution in [3.05, 3.63) is 28.8 Å². The molecule has 0 saturated carbocycles. The van der Waals surface area contributed by atoms with Gasteiger partial charge in [0.2, 0.25) is 5.91 Å². The van der Waals surface area contributed by atoms with Crippen molar-refractivity contribution in [3.63, 3.8) is 0 Å². The molecule has 1 aliphatic rings. The largest absolute Gasteiger partial charge is 0.358 e. The lowest BCUT2D eigenvalue weighted by molar-refractivity contribution is -0.122. The summed E-state index contributed by atoms with van der Waals surface area (Å²) in [6, 6.07) is 5.97. The van der Waals surface area contributed by atoms with Crippen LogP contribution < -0.4 is 10.6 Å². The molecule has 5 heteroatoms. The van der Waals surface area contributed by atoms with Crippen molar-refractivity contribution in [1.82, 2.24) is 10.6 Å². The van der Waals surface area contributed by atoms with E-state index in [9.17, 15) is 4.79 Å². The Morgan fingerprint density at radius 1 is 1.56 bits per heavy atom. The average Bonchev–Trinajstić information content (AvgIpc) is 2.38. The van der Waals surface area contributed by atoms with Gasteiger partial charge in [0, 0.05) is 23.0 Å². The Labute approximate surface area is 117 Å². The fraction of sp³-hybridized carbons (Fsp3) is 0.462. The molecular weight excluding hydrogens is 268 g/mol. The van der Waals surface area contributed by atoms with Gasteiger partial charge in [-0.2, -0.15) is 0 Å². The number of carbonyl (C=O) groups is 1. The summed E-state index contributed by atoms with van der Waals surface area (Å²) in [6.07, 6.45) is 1.01. The van der Waals surface area contributed by atoms with E-state index in [1.807, 2.05) is 30.8 Å². The second-order valence-electron chi connectivity index (χ2n) is 4.37. The van der Waals surface area contributed by atoms with Crippen LogP contribution in [0.3, 0.4) is 0 Å². The quantitative estimate of drug-likeness (QED) is 0.896. The first-order valence-corrected chi connectivity index (χ1v) is 7.38. The molecule has 1 heterocycles. The maximum atomic E-state index is 11.6. The van der Waals surface area contributed by atoms with Gasteiger partial charge in [-0.25, -0.2) is 0 Å². The number of carbonyl (C=O) groups excluding carboxylic acids is 1. The minimum absolute atomic E-state index is 0.0109. The van der Waals surface area contributed by atoms with Crippen LogP contribution in [0.2, 0.25) is 5.02 Å². The van der Waals surface area contributed by atoms with Crippen LogP contribution in [0.25, 0.3) is 0 Å². The number of benzene rings is 1. The van der Waals surface area contributed by atoms with Crippen molar-refractivity contribution in [3.8, 4) is 0 Å². The molecule has 2 rings (SSSR count).